The molecule has 0 bridgehead atoms. The van der Waals surface area contributed by atoms with Crippen LogP contribution in [0.2, 0.25) is 0 Å². The number of aromatic nitrogens is 2. The molecule has 29 heavy (non-hydrogen) atoms. The number of nitrogens with zero attached hydrogens (tertiary/aromatic N) is 3. The van der Waals surface area contributed by atoms with E-state index in [1.165, 1.54) is 11.3 Å². The van der Waals surface area contributed by atoms with E-state index in [1.807, 2.05) is 29.9 Å². The van der Waals surface area contributed by atoms with Crippen LogP contribution < -0.4 is 15.4 Å². The van der Waals surface area contributed by atoms with Gasteiger partial charge in [0.15, 0.2) is 5.96 Å². The lowest BCUT2D eigenvalue weighted by atomic mass is 10.1. The van der Waals surface area contributed by atoms with Crippen LogP contribution in [0.25, 0.3) is 0 Å². The van der Waals surface area contributed by atoms with Crippen LogP contribution in [0.15, 0.2) is 29.3 Å². The number of hydrogen-bond donors (Lipinski definition) is 2. The van der Waals surface area contributed by atoms with Gasteiger partial charge in [0, 0.05) is 39.5 Å². The quantitative estimate of drug-likeness (QED) is 0.233. The Morgan fingerprint density at radius 3 is 2.66 bits per heavy atom. The molecule has 1 atom stereocenters. The first-order valence-corrected chi connectivity index (χ1v) is 9.61. The smallest absolute Gasteiger partial charge is 0.191 e. The molecule has 7 nitrogen and oxygen atoms in total. The van der Waals surface area contributed by atoms with Crippen LogP contribution >= 0.6 is 24.0 Å². The monoisotopic (exact) mass is 515 g/mol. The zero-order valence-corrected chi connectivity index (χ0v) is 20.6. The molecule has 8 heteroatoms. The number of rotatable bonds is 9. The van der Waals surface area contributed by atoms with Gasteiger partial charge in [0.2, 0.25) is 0 Å². The van der Waals surface area contributed by atoms with Gasteiger partial charge < -0.3 is 20.1 Å². The molecule has 162 valence electrons. The van der Waals surface area contributed by atoms with Gasteiger partial charge in [-0.05, 0) is 50.5 Å². The minimum absolute atomic E-state index is 0. The van der Waals surface area contributed by atoms with Crippen LogP contribution in [0.3, 0.4) is 0 Å². The van der Waals surface area contributed by atoms with Gasteiger partial charge in [-0.2, -0.15) is 5.10 Å². The zero-order chi connectivity index (χ0) is 20.5. The van der Waals surface area contributed by atoms with E-state index >= 15 is 0 Å². The number of ether oxygens (including phenoxy) is 2. The summed E-state index contributed by atoms with van der Waals surface area (Å²) >= 11 is 0. The van der Waals surface area contributed by atoms with Crippen molar-refractivity contribution in [3.8, 4) is 5.75 Å². The van der Waals surface area contributed by atoms with E-state index in [1.54, 1.807) is 14.2 Å². The summed E-state index contributed by atoms with van der Waals surface area (Å²) in [4.78, 5) is 4.34. The third kappa shape index (κ3) is 7.85. The second-order valence-electron chi connectivity index (χ2n) is 6.94. The lowest BCUT2D eigenvalue weighted by molar-refractivity contribution is 0.146. The molecule has 0 saturated carbocycles. The predicted octanol–water partition coefficient (Wildman–Crippen LogP) is 2.98. The minimum Gasteiger partial charge on any atom is -0.491 e. The molecule has 1 aromatic heterocycles. The number of halogens is 1. The Hall–Kier alpha value is -1.81. The molecule has 0 spiro atoms. The maximum atomic E-state index is 5.67. The maximum Gasteiger partial charge on any atom is 0.191 e. The van der Waals surface area contributed by atoms with Crippen molar-refractivity contribution in [2.45, 2.75) is 39.8 Å². The first kappa shape index (κ1) is 25.2. The van der Waals surface area contributed by atoms with E-state index in [4.69, 9.17) is 9.47 Å². The molecule has 0 radical (unpaired) electrons. The van der Waals surface area contributed by atoms with Crippen molar-refractivity contribution in [2.75, 3.05) is 27.4 Å². The normalized spacial score (nSPS) is 12.3. The molecule has 2 N–H and O–H groups in total. The third-order valence-corrected chi connectivity index (χ3v) is 4.69. The summed E-state index contributed by atoms with van der Waals surface area (Å²) < 4.78 is 12.6. The van der Waals surface area contributed by atoms with E-state index in [9.17, 15) is 0 Å². The van der Waals surface area contributed by atoms with Crippen molar-refractivity contribution in [3.05, 3.63) is 46.8 Å². The molecule has 0 amide bonds. The third-order valence-electron chi connectivity index (χ3n) is 4.69. The van der Waals surface area contributed by atoms with Gasteiger partial charge in [-0.1, -0.05) is 12.1 Å². The number of aliphatic imine (C=N–C) groups is 1. The van der Waals surface area contributed by atoms with Gasteiger partial charge in [-0.15, -0.1) is 24.0 Å². The summed E-state index contributed by atoms with van der Waals surface area (Å²) in [6.07, 6.45) is 0.898. The van der Waals surface area contributed by atoms with Crippen molar-refractivity contribution < 1.29 is 9.47 Å². The van der Waals surface area contributed by atoms with Gasteiger partial charge in [0.25, 0.3) is 0 Å². The standard InChI is InChI=1S/C21H33N5O2.HI/c1-15(12-20-16(2)25-26(5)17(20)3)24-21(22-4)23-14-18-8-7-9-19(13-18)28-11-10-27-6;/h7-9,13,15H,10-12,14H2,1-6H3,(H2,22,23,24);1H. The fourth-order valence-electron chi connectivity index (χ4n) is 3.07. The SMILES string of the molecule is CN=C(NCc1cccc(OCCOC)c1)NC(C)Cc1c(C)nn(C)c1C.I. The largest absolute Gasteiger partial charge is 0.491 e. The summed E-state index contributed by atoms with van der Waals surface area (Å²) in [6.45, 7) is 8.11. The van der Waals surface area contributed by atoms with Crippen molar-refractivity contribution >= 4 is 29.9 Å². The molecule has 2 aromatic rings. The molecule has 0 aliphatic carbocycles. The number of benzene rings is 1. The summed E-state index contributed by atoms with van der Waals surface area (Å²) in [7, 11) is 5.44. The average molecular weight is 515 g/mol. The number of methoxy groups -OCH3 is 1. The maximum absolute atomic E-state index is 5.67. The Labute approximate surface area is 191 Å². The highest BCUT2D eigenvalue weighted by molar-refractivity contribution is 14.0. The Morgan fingerprint density at radius 2 is 2.03 bits per heavy atom. The highest BCUT2D eigenvalue weighted by atomic mass is 127. The van der Waals surface area contributed by atoms with Gasteiger partial charge in [-0.3, -0.25) is 9.67 Å². The molecule has 0 fully saturated rings. The predicted molar refractivity (Wildman–Crippen MR) is 128 cm³/mol. The van der Waals surface area contributed by atoms with Crippen LogP contribution in [0, 0.1) is 13.8 Å². The van der Waals surface area contributed by atoms with Gasteiger partial charge >= 0.3 is 0 Å². The summed E-state index contributed by atoms with van der Waals surface area (Å²) in [6, 6.07) is 8.27. The van der Waals surface area contributed by atoms with Crippen LogP contribution in [0.5, 0.6) is 5.75 Å². The van der Waals surface area contributed by atoms with E-state index in [-0.39, 0.29) is 30.0 Å². The van der Waals surface area contributed by atoms with Crippen LogP contribution in [0.1, 0.15) is 29.4 Å². The first-order chi connectivity index (χ1) is 13.4. The molecule has 2 rings (SSSR count). The second kappa shape index (κ2) is 12.7. The molecule has 1 unspecified atom stereocenters. The summed E-state index contributed by atoms with van der Waals surface area (Å²) in [5, 5.41) is 11.3. The van der Waals surface area contributed by atoms with E-state index in [0.29, 0.717) is 19.8 Å². The van der Waals surface area contributed by atoms with Gasteiger partial charge in [0.1, 0.15) is 12.4 Å². The van der Waals surface area contributed by atoms with Crippen molar-refractivity contribution in [1.82, 2.24) is 20.4 Å². The van der Waals surface area contributed by atoms with Crippen molar-refractivity contribution in [2.24, 2.45) is 12.0 Å². The molecular weight excluding hydrogens is 481 g/mol. The number of guanidine groups is 1. The lowest BCUT2D eigenvalue weighted by Crippen LogP contribution is -2.42. The van der Waals surface area contributed by atoms with Crippen molar-refractivity contribution in [1.29, 1.82) is 0 Å². The first-order valence-electron chi connectivity index (χ1n) is 9.61. The Kier molecular flexibility index (Phi) is 11.0. The molecule has 1 heterocycles. The highest BCUT2D eigenvalue weighted by Crippen LogP contribution is 2.15. The Bertz CT molecular complexity index is 791. The Morgan fingerprint density at radius 1 is 1.28 bits per heavy atom. The molecule has 0 aliphatic heterocycles. The summed E-state index contributed by atoms with van der Waals surface area (Å²) in [5.41, 5.74) is 4.71. The molecule has 1 aromatic carbocycles. The lowest BCUT2D eigenvalue weighted by Gasteiger charge is -2.18. The van der Waals surface area contributed by atoms with E-state index in [0.717, 1.165) is 29.4 Å². The molecular formula is C21H34IN5O2. The molecule has 0 saturated heterocycles. The highest BCUT2D eigenvalue weighted by Gasteiger charge is 2.14. The average Bonchev–Trinajstić information content (AvgIpc) is 2.91. The van der Waals surface area contributed by atoms with E-state index in [2.05, 4.69) is 47.6 Å². The Balaban J connectivity index is 0.00000420. The fourth-order valence-corrected chi connectivity index (χ4v) is 3.07. The summed E-state index contributed by atoms with van der Waals surface area (Å²) in [5.74, 6) is 1.62. The van der Waals surface area contributed by atoms with Gasteiger partial charge in [0.05, 0.1) is 12.3 Å². The molecule has 0 aliphatic rings. The number of aryl methyl sites for hydroxylation is 2. The number of nitrogens with one attached hydrogen (secondary N) is 2. The zero-order valence-electron chi connectivity index (χ0n) is 18.3. The minimum atomic E-state index is 0. The number of hydrogen-bond acceptors (Lipinski definition) is 4. The van der Waals surface area contributed by atoms with Crippen molar-refractivity contribution in [3.63, 3.8) is 0 Å². The van der Waals surface area contributed by atoms with E-state index < -0.39 is 0 Å². The van der Waals surface area contributed by atoms with Gasteiger partial charge in [-0.25, -0.2) is 0 Å². The second-order valence-corrected chi connectivity index (χ2v) is 6.94. The fraction of sp³-hybridized carbons (Fsp3) is 0.524. The van der Waals surface area contributed by atoms with Crippen LogP contribution in [-0.4, -0.2) is 49.2 Å². The topological polar surface area (TPSA) is 72.7 Å². The van der Waals surface area contributed by atoms with Crippen LogP contribution in [0.4, 0.5) is 0 Å². The van der Waals surface area contributed by atoms with Crippen LogP contribution in [-0.2, 0) is 24.8 Å².